The summed E-state index contributed by atoms with van der Waals surface area (Å²) in [5.41, 5.74) is 3.06. The number of hydrogen-bond acceptors (Lipinski definition) is 8. The summed E-state index contributed by atoms with van der Waals surface area (Å²) in [6.45, 7) is 1.53. The standard InChI is InChI=1S/C25H28N6O4S/c1-31-15-23(26-16-31)36(32,33)30-25-24(27-20-5-3-4-6-21(20)28-25)29-22-14-19(34-2)8-7-18(22)13-17-9-11-35-12-10-17/h3-8,14-17H,9-13H2,1-2H3,(H,27,29)(H,28,30). The molecule has 11 heteroatoms. The van der Waals surface area contributed by atoms with Crippen molar-refractivity contribution >= 4 is 38.4 Å². The smallest absolute Gasteiger partial charge is 0.282 e. The lowest BCUT2D eigenvalue weighted by Gasteiger charge is -2.23. The Morgan fingerprint density at radius 2 is 1.81 bits per heavy atom. The molecule has 2 aromatic carbocycles. The summed E-state index contributed by atoms with van der Waals surface area (Å²) in [6, 6.07) is 13.2. The Bertz CT molecular complexity index is 1480. The number of aryl methyl sites for hydroxylation is 1. The Hall–Kier alpha value is -3.70. The molecule has 0 amide bonds. The van der Waals surface area contributed by atoms with Crippen molar-refractivity contribution in [1.82, 2.24) is 19.5 Å². The van der Waals surface area contributed by atoms with Gasteiger partial charge in [0.2, 0.25) is 0 Å². The first-order valence-corrected chi connectivity index (χ1v) is 13.2. The predicted molar refractivity (Wildman–Crippen MR) is 137 cm³/mol. The lowest BCUT2D eigenvalue weighted by atomic mass is 9.91. The zero-order chi connectivity index (χ0) is 25.1. The second kappa shape index (κ2) is 10.1. The maximum atomic E-state index is 13.1. The number of fused-ring (bicyclic) bond motifs is 1. The number of methoxy groups -OCH3 is 1. The summed E-state index contributed by atoms with van der Waals surface area (Å²) in [5, 5.41) is 3.24. The van der Waals surface area contributed by atoms with E-state index in [0.29, 0.717) is 22.7 Å². The van der Waals surface area contributed by atoms with Crippen molar-refractivity contribution in [3.63, 3.8) is 0 Å². The Labute approximate surface area is 209 Å². The maximum Gasteiger partial charge on any atom is 0.282 e. The average molecular weight is 509 g/mol. The van der Waals surface area contributed by atoms with Gasteiger partial charge in [0.25, 0.3) is 10.0 Å². The van der Waals surface area contributed by atoms with E-state index in [9.17, 15) is 8.42 Å². The van der Waals surface area contributed by atoms with E-state index in [1.165, 1.54) is 12.5 Å². The van der Waals surface area contributed by atoms with Crippen molar-refractivity contribution in [3.8, 4) is 5.75 Å². The molecule has 3 heterocycles. The van der Waals surface area contributed by atoms with Crippen LogP contribution in [0.4, 0.5) is 17.3 Å². The quantitative estimate of drug-likeness (QED) is 0.368. The Kier molecular flexibility index (Phi) is 6.75. The van der Waals surface area contributed by atoms with Crippen LogP contribution in [-0.4, -0.2) is 48.3 Å². The first-order valence-electron chi connectivity index (χ1n) is 11.7. The third-order valence-electron chi connectivity index (χ3n) is 6.18. The van der Waals surface area contributed by atoms with Gasteiger partial charge in [0.1, 0.15) is 5.75 Å². The minimum absolute atomic E-state index is 0.0826. The minimum atomic E-state index is -3.98. The summed E-state index contributed by atoms with van der Waals surface area (Å²) >= 11 is 0. The van der Waals surface area contributed by atoms with E-state index < -0.39 is 10.0 Å². The van der Waals surface area contributed by atoms with Crippen LogP contribution >= 0.6 is 0 Å². The molecule has 0 aliphatic carbocycles. The predicted octanol–water partition coefficient (Wildman–Crippen LogP) is 3.89. The van der Waals surface area contributed by atoms with Crippen molar-refractivity contribution < 1.29 is 17.9 Å². The maximum absolute atomic E-state index is 13.1. The highest BCUT2D eigenvalue weighted by Crippen LogP contribution is 2.33. The van der Waals surface area contributed by atoms with E-state index >= 15 is 0 Å². The van der Waals surface area contributed by atoms with E-state index in [4.69, 9.17) is 14.5 Å². The minimum Gasteiger partial charge on any atom is -0.497 e. The van der Waals surface area contributed by atoms with Crippen LogP contribution in [0.25, 0.3) is 11.0 Å². The molecule has 188 valence electrons. The SMILES string of the molecule is COc1ccc(CC2CCOCC2)c(Nc2nc3ccccc3nc2NS(=O)(=O)c2cn(C)cn2)c1. The van der Waals surface area contributed by atoms with Crippen LogP contribution in [0.3, 0.4) is 0 Å². The molecule has 1 aliphatic heterocycles. The van der Waals surface area contributed by atoms with E-state index in [1.54, 1.807) is 24.8 Å². The second-order valence-electron chi connectivity index (χ2n) is 8.80. The van der Waals surface area contributed by atoms with Crippen molar-refractivity contribution in [2.45, 2.75) is 24.3 Å². The molecule has 2 aromatic heterocycles. The molecule has 0 saturated carbocycles. The number of hydrogen-bond donors (Lipinski definition) is 2. The molecule has 0 bridgehead atoms. The number of aromatic nitrogens is 4. The lowest BCUT2D eigenvalue weighted by molar-refractivity contribution is 0.0666. The number of benzene rings is 2. The van der Waals surface area contributed by atoms with Crippen LogP contribution in [0, 0.1) is 5.92 Å². The highest BCUT2D eigenvalue weighted by atomic mass is 32.2. The van der Waals surface area contributed by atoms with Crippen molar-refractivity contribution in [2.75, 3.05) is 30.4 Å². The zero-order valence-corrected chi connectivity index (χ0v) is 21.0. The van der Waals surface area contributed by atoms with Crippen LogP contribution in [-0.2, 0) is 28.2 Å². The van der Waals surface area contributed by atoms with Crippen LogP contribution in [0.5, 0.6) is 5.75 Å². The van der Waals surface area contributed by atoms with E-state index in [1.807, 2.05) is 36.4 Å². The summed E-state index contributed by atoms with van der Waals surface area (Å²) in [4.78, 5) is 13.3. The molecule has 10 nitrogen and oxygen atoms in total. The van der Waals surface area contributed by atoms with Gasteiger partial charge in [0.15, 0.2) is 16.7 Å². The summed E-state index contributed by atoms with van der Waals surface area (Å²) in [7, 11) is -0.668. The third-order valence-corrected chi connectivity index (χ3v) is 7.40. The molecule has 5 rings (SSSR count). The lowest BCUT2D eigenvalue weighted by Crippen LogP contribution is -2.18. The Morgan fingerprint density at radius 3 is 2.47 bits per heavy atom. The number of ether oxygens (including phenoxy) is 2. The van der Waals surface area contributed by atoms with Gasteiger partial charge in [-0.25, -0.2) is 15.0 Å². The van der Waals surface area contributed by atoms with Crippen LogP contribution < -0.4 is 14.8 Å². The summed E-state index contributed by atoms with van der Waals surface area (Å²) < 4.78 is 41.3. The van der Waals surface area contributed by atoms with Crippen molar-refractivity contribution in [2.24, 2.45) is 13.0 Å². The van der Waals surface area contributed by atoms with Gasteiger partial charge in [-0.05, 0) is 48.9 Å². The van der Waals surface area contributed by atoms with Crippen LogP contribution in [0.15, 0.2) is 60.0 Å². The van der Waals surface area contributed by atoms with Crippen LogP contribution in [0.1, 0.15) is 18.4 Å². The molecule has 0 unspecified atom stereocenters. The largest absolute Gasteiger partial charge is 0.497 e. The fraction of sp³-hybridized carbons (Fsp3) is 0.320. The Morgan fingerprint density at radius 1 is 1.08 bits per heavy atom. The molecule has 1 fully saturated rings. The summed E-state index contributed by atoms with van der Waals surface area (Å²) in [5.74, 6) is 1.55. The molecule has 2 N–H and O–H groups in total. The fourth-order valence-corrected chi connectivity index (χ4v) is 5.22. The van der Waals surface area contributed by atoms with Gasteiger partial charge >= 0.3 is 0 Å². The third kappa shape index (κ3) is 5.26. The van der Waals surface area contributed by atoms with E-state index in [2.05, 4.69) is 20.0 Å². The molecule has 0 atom stereocenters. The molecule has 36 heavy (non-hydrogen) atoms. The molecular formula is C25H28N6O4S. The number of sulfonamides is 1. The van der Waals surface area contributed by atoms with E-state index in [-0.39, 0.29) is 16.7 Å². The van der Waals surface area contributed by atoms with Crippen LogP contribution in [0.2, 0.25) is 0 Å². The molecular weight excluding hydrogens is 480 g/mol. The summed E-state index contributed by atoms with van der Waals surface area (Å²) in [6.07, 6.45) is 5.70. The highest BCUT2D eigenvalue weighted by Gasteiger charge is 2.22. The van der Waals surface area contributed by atoms with E-state index in [0.717, 1.165) is 43.7 Å². The number of nitrogens with one attached hydrogen (secondary N) is 2. The van der Waals surface area contributed by atoms with Gasteiger partial charge in [0.05, 0.1) is 24.5 Å². The van der Waals surface area contributed by atoms with Crippen molar-refractivity contribution in [3.05, 3.63) is 60.6 Å². The van der Waals surface area contributed by atoms with Crippen molar-refractivity contribution in [1.29, 1.82) is 0 Å². The number of imidazole rings is 1. The number of rotatable bonds is 8. The second-order valence-corrected chi connectivity index (χ2v) is 10.4. The molecule has 4 aromatic rings. The average Bonchev–Trinajstić information content (AvgIpc) is 3.33. The highest BCUT2D eigenvalue weighted by molar-refractivity contribution is 7.92. The first-order chi connectivity index (χ1) is 17.4. The van der Waals surface area contributed by atoms with Gasteiger partial charge < -0.3 is 19.4 Å². The monoisotopic (exact) mass is 508 g/mol. The van der Waals surface area contributed by atoms with Gasteiger partial charge in [-0.1, -0.05) is 18.2 Å². The van der Waals surface area contributed by atoms with Gasteiger partial charge in [-0.3, -0.25) is 4.72 Å². The zero-order valence-electron chi connectivity index (χ0n) is 20.1. The Balaban J connectivity index is 1.54. The van der Waals surface area contributed by atoms with Gasteiger partial charge in [-0.2, -0.15) is 8.42 Å². The molecule has 0 spiro atoms. The molecule has 1 aliphatic rings. The first kappa shape index (κ1) is 24.0. The van der Waals surface area contributed by atoms with Gasteiger partial charge in [0, 0.05) is 38.2 Å². The topological polar surface area (TPSA) is 120 Å². The molecule has 0 radical (unpaired) electrons. The number of anilines is 3. The number of nitrogens with zero attached hydrogens (tertiary/aromatic N) is 4. The normalized spacial score (nSPS) is 14.6. The van der Waals surface area contributed by atoms with Gasteiger partial charge in [-0.15, -0.1) is 0 Å². The number of para-hydroxylation sites is 2. The fourth-order valence-electron chi connectivity index (χ4n) is 4.23. The molecule has 1 saturated heterocycles.